The molecular formula is C30H39FN8O4. The van der Waals surface area contributed by atoms with Gasteiger partial charge in [-0.1, -0.05) is 0 Å². The number of aryl methyl sites for hydroxylation is 1. The largest absolute Gasteiger partial charge is 0.444 e. The highest BCUT2D eigenvalue weighted by molar-refractivity contribution is 6.03. The second-order valence-electron chi connectivity index (χ2n) is 12.5. The van der Waals surface area contributed by atoms with E-state index >= 15 is 0 Å². The monoisotopic (exact) mass is 594 g/mol. The van der Waals surface area contributed by atoms with Crippen LogP contribution in [-0.4, -0.2) is 87.3 Å². The van der Waals surface area contributed by atoms with Gasteiger partial charge in [0.2, 0.25) is 0 Å². The van der Waals surface area contributed by atoms with Gasteiger partial charge in [0, 0.05) is 56.5 Å². The number of aromatic nitrogens is 4. The predicted octanol–water partition coefficient (Wildman–Crippen LogP) is 3.39. The Bertz CT molecular complexity index is 1460. The summed E-state index contributed by atoms with van der Waals surface area (Å²) in [5.74, 6) is 0.556. The maximum absolute atomic E-state index is 14.2. The number of aldehydes is 1. The van der Waals surface area contributed by atoms with Crippen LogP contribution in [0.2, 0.25) is 0 Å². The number of anilines is 2. The lowest BCUT2D eigenvalue weighted by atomic mass is 9.96. The minimum Gasteiger partial charge on any atom is -0.444 e. The van der Waals surface area contributed by atoms with Crippen molar-refractivity contribution in [1.29, 1.82) is 0 Å². The average molecular weight is 595 g/mol. The van der Waals surface area contributed by atoms with Crippen LogP contribution in [0, 0.1) is 17.7 Å². The minimum atomic E-state index is -0.482. The number of likely N-dealkylation sites (tertiary alicyclic amines) is 1. The smallest absolute Gasteiger partial charge is 0.410 e. The predicted molar refractivity (Wildman–Crippen MR) is 159 cm³/mol. The highest BCUT2D eigenvalue weighted by Gasteiger charge is 2.33. The van der Waals surface area contributed by atoms with Crippen molar-refractivity contribution in [2.75, 3.05) is 42.9 Å². The zero-order valence-corrected chi connectivity index (χ0v) is 25.0. The third-order valence-electron chi connectivity index (χ3n) is 7.40. The molecule has 4 heterocycles. The van der Waals surface area contributed by atoms with Crippen LogP contribution in [0.1, 0.15) is 50.5 Å². The molecule has 6 rings (SSSR count). The lowest BCUT2D eigenvalue weighted by molar-refractivity contribution is -0.115. The van der Waals surface area contributed by atoms with Crippen LogP contribution in [0.5, 0.6) is 0 Å². The molecule has 43 heavy (non-hydrogen) atoms. The normalized spacial score (nSPS) is 17.0. The van der Waals surface area contributed by atoms with Gasteiger partial charge in [-0.3, -0.25) is 9.48 Å². The third kappa shape index (κ3) is 8.04. The highest BCUT2D eigenvalue weighted by Crippen LogP contribution is 2.26. The van der Waals surface area contributed by atoms with Crippen molar-refractivity contribution in [3.63, 3.8) is 0 Å². The summed E-state index contributed by atoms with van der Waals surface area (Å²) in [5.41, 5.74) is 0.366. The van der Waals surface area contributed by atoms with Crippen molar-refractivity contribution >= 4 is 40.7 Å². The van der Waals surface area contributed by atoms with Gasteiger partial charge in [0.15, 0.2) is 5.82 Å². The molecule has 2 saturated heterocycles. The maximum atomic E-state index is 14.2. The lowest BCUT2D eigenvalue weighted by Gasteiger charge is -2.40. The van der Waals surface area contributed by atoms with Crippen LogP contribution in [0.15, 0.2) is 30.7 Å². The number of hydrogen-bond acceptors (Lipinski definition) is 9. The zero-order valence-electron chi connectivity index (χ0n) is 25.0. The molecule has 0 radical (unpaired) electrons. The molecule has 0 atom stereocenters. The molecule has 2 N–H and O–H groups in total. The van der Waals surface area contributed by atoms with Gasteiger partial charge >= 0.3 is 6.09 Å². The molecule has 13 heteroatoms. The van der Waals surface area contributed by atoms with Crippen molar-refractivity contribution in [2.45, 2.75) is 51.7 Å². The van der Waals surface area contributed by atoms with Gasteiger partial charge < -0.3 is 30.0 Å². The Morgan fingerprint density at radius 3 is 2.49 bits per heavy atom. The number of ether oxygens (including phenoxy) is 1. The number of nitrogens with zero attached hydrogens (tertiary/aromatic N) is 6. The summed E-state index contributed by atoms with van der Waals surface area (Å²) >= 11 is 0. The second-order valence-corrected chi connectivity index (χ2v) is 12.5. The van der Waals surface area contributed by atoms with E-state index in [-0.39, 0.29) is 23.2 Å². The molecule has 3 fully saturated rings. The second kappa shape index (κ2) is 12.6. The molecule has 12 nitrogen and oxygen atoms in total. The van der Waals surface area contributed by atoms with Crippen LogP contribution in [0.3, 0.4) is 0 Å². The van der Waals surface area contributed by atoms with Gasteiger partial charge in [0.1, 0.15) is 28.9 Å². The van der Waals surface area contributed by atoms with Gasteiger partial charge in [0.05, 0.1) is 18.3 Å². The number of benzene rings is 1. The van der Waals surface area contributed by atoms with E-state index in [1.54, 1.807) is 25.5 Å². The molecule has 2 aromatic heterocycles. The van der Waals surface area contributed by atoms with E-state index < -0.39 is 17.3 Å². The number of rotatable bonds is 8. The van der Waals surface area contributed by atoms with Crippen LogP contribution in [0.4, 0.5) is 20.7 Å². The fraction of sp³-hybridized carbons (Fsp3) is 0.533. The number of carbonyl (C=O) groups is 3. The Kier molecular flexibility index (Phi) is 8.90. The topological polar surface area (TPSA) is 135 Å². The summed E-state index contributed by atoms with van der Waals surface area (Å²) in [6.07, 6.45) is 9.15. The Morgan fingerprint density at radius 2 is 1.86 bits per heavy atom. The third-order valence-corrected chi connectivity index (χ3v) is 7.40. The quantitative estimate of drug-likeness (QED) is 0.377. The molecule has 3 aromatic rings. The van der Waals surface area contributed by atoms with E-state index in [0.717, 1.165) is 37.8 Å². The molecule has 0 bridgehead atoms. The Balaban J connectivity index is 0.000000239. The molecular weight excluding hydrogens is 555 g/mol. The van der Waals surface area contributed by atoms with E-state index in [2.05, 4.69) is 30.6 Å². The fourth-order valence-electron chi connectivity index (χ4n) is 4.87. The summed E-state index contributed by atoms with van der Waals surface area (Å²) in [7, 11) is 1.72. The van der Waals surface area contributed by atoms with Gasteiger partial charge in [-0.25, -0.2) is 19.2 Å². The summed E-state index contributed by atoms with van der Waals surface area (Å²) in [4.78, 5) is 46.4. The van der Waals surface area contributed by atoms with Gasteiger partial charge in [-0.15, -0.1) is 0 Å². The SMILES string of the molecule is CC(C)(C)OC(=O)N1CC(C=O)C1.Cn1cc2cc(NC(=O)c3cnc(N4CC(CCNC5CC5)C4)cn3)cc(F)c2n1. The van der Waals surface area contributed by atoms with Crippen molar-refractivity contribution in [2.24, 2.45) is 18.9 Å². The molecule has 1 saturated carbocycles. The Morgan fingerprint density at radius 1 is 1.12 bits per heavy atom. The fourth-order valence-corrected chi connectivity index (χ4v) is 4.87. The van der Waals surface area contributed by atoms with Crippen LogP contribution in [0.25, 0.3) is 10.9 Å². The van der Waals surface area contributed by atoms with Crippen LogP contribution in [-0.2, 0) is 16.6 Å². The zero-order chi connectivity index (χ0) is 30.7. The van der Waals surface area contributed by atoms with E-state index in [0.29, 0.717) is 30.1 Å². The van der Waals surface area contributed by atoms with E-state index in [9.17, 15) is 18.8 Å². The highest BCUT2D eigenvalue weighted by atomic mass is 19.1. The number of halogens is 1. The first-order chi connectivity index (χ1) is 20.5. The molecule has 1 aromatic carbocycles. The first kappa shape index (κ1) is 30.3. The molecule has 2 aliphatic heterocycles. The molecule has 0 unspecified atom stereocenters. The number of amides is 2. The molecule has 3 aliphatic rings. The molecule has 0 spiro atoms. The van der Waals surface area contributed by atoms with E-state index in [1.165, 1.54) is 41.1 Å². The number of hydrogen-bond donors (Lipinski definition) is 2. The number of fused-ring (bicyclic) bond motifs is 1. The Hall–Kier alpha value is -4.13. The van der Waals surface area contributed by atoms with Gasteiger partial charge in [-0.2, -0.15) is 5.10 Å². The van der Waals surface area contributed by atoms with Gasteiger partial charge in [-0.05, 0) is 64.6 Å². The molecule has 2 amide bonds. The maximum Gasteiger partial charge on any atom is 0.410 e. The van der Waals surface area contributed by atoms with E-state index in [4.69, 9.17) is 4.74 Å². The first-order valence-corrected chi connectivity index (χ1v) is 14.6. The lowest BCUT2D eigenvalue weighted by Crippen LogP contribution is -2.52. The van der Waals surface area contributed by atoms with Gasteiger partial charge in [0.25, 0.3) is 5.91 Å². The summed E-state index contributed by atoms with van der Waals surface area (Å²) < 4.78 is 20.8. The van der Waals surface area contributed by atoms with Crippen molar-refractivity contribution < 1.29 is 23.5 Å². The summed E-state index contributed by atoms with van der Waals surface area (Å²) in [5, 5.41) is 10.9. The number of carbonyl (C=O) groups excluding carboxylic acids is 3. The van der Waals surface area contributed by atoms with Crippen molar-refractivity contribution in [1.82, 2.24) is 30.0 Å². The minimum absolute atomic E-state index is 0.00696. The number of nitrogens with one attached hydrogen (secondary N) is 2. The van der Waals surface area contributed by atoms with Crippen LogP contribution >= 0.6 is 0 Å². The Labute approximate surface area is 250 Å². The van der Waals surface area contributed by atoms with Crippen molar-refractivity contribution in [3.8, 4) is 0 Å². The summed E-state index contributed by atoms with van der Waals surface area (Å²) in [6, 6.07) is 3.70. The van der Waals surface area contributed by atoms with Crippen LogP contribution < -0.4 is 15.5 Å². The first-order valence-electron chi connectivity index (χ1n) is 14.6. The van der Waals surface area contributed by atoms with E-state index in [1.807, 2.05) is 20.8 Å². The molecule has 230 valence electrons. The molecule has 1 aliphatic carbocycles. The van der Waals surface area contributed by atoms with Crippen molar-refractivity contribution in [3.05, 3.63) is 42.2 Å². The average Bonchev–Trinajstić information content (AvgIpc) is 3.63. The summed E-state index contributed by atoms with van der Waals surface area (Å²) in [6.45, 7) is 9.48. The standard InChI is InChI=1S/C21H24FN7O.C9H15NO3/c1-28-12-14-6-16(7-17(22)20(14)27-28)26-21(30)18-8-25-19(9-24-18)29-10-13(11-29)4-5-23-15-2-3-15;1-9(2,3)13-8(12)10-4-7(5-10)6-11/h6-9,12-13,15,23H,2-5,10-11H2,1H3,(H,26,30);6-7H,4-5H2,1-3H3.